The number of rotatable bonds is 3. The minimum absolute atomic E-state index is 0.0434. The molecule has 3 heterocycles. The maximum Gasteiger partial charge on any atom is 0.333 e. The first-order chi connectivity index (χ1) is 13.8. The number of carbonyl (C=O) groups excluding carboxylic acids is 1. The van der Waals surface area contributed by atoms with Gasteiger partial charge in [-0.2, -0.15) is 13.9 Å². The van der Waals surface area contributed by atoms with E-state index in [4.69, 9.17) is 0 Å². The lowest BCUT2D eigenvalue weighted by Crippen LogP contribution is -2.37. The molecule has 6 nitrogen and oxygen atoms in total. The minimum Gasteiger partial charge on any atom is -0.333 e. The van der Waals surface area contributed by atoms with Crippen LogP contribution in [0, 0.1) is 12.7 Å². The fourth-order valence-electron chi connectivity index (χ4n) is 3.46. The first-order valence-electron chi connectivity index (χ1n) is 8.97. The number of halogens is 3. The van der Waals surface area contributed by atoms with Crippen LogP contribution in [-0.4, -0.2) is 31.7 Å². The summed E-state index contributed by atoms with van der Waals surface area (Å²) in [6.45, 7) is -0.783. The first-order valence-corrected chi connectivity index (χ1v) is 8.97. The molecule has 4 rings (SSSR count). The molecule has 29 heavy (non-hydrogen) atoms. The number of benzene rings is 1. The van der Waals surface area contributed by atoms with Gasteiger partial charge >= 0.3 is 6.55 Å². The monoisotopic (exact) mass is 402 g/mol. The zero-order chi connectivity index (χ0) is 20.7. The van der Waals surface area contributed by atoms with E-state index in [0.29, 0.717) is 23.3 Å². The molecular formula is C20H17F3N4O2. The molecule has 0 aliphatic carbocycles. The maximum absolute atomic E-state index is 13.2. The van der Waals surface area contributed by atoms with Crippen LogP contribution in [0.25, 0.3) is 5.69 Å². The number of nitrogens with zero attached hydrogens (tertiary/aromatic N) is 4. The Labute approximate surface area is 163 Å². The highest BCUT2D eigenvalue weighted by molar-refractivity contribution is 5.92. The molecule has 0 unspecified atom stereocenters. The minimum atomic E-state index is -2.82. The SMILES string of the molecule is Cc1cc(C(=O)N2CCc3cc(=O)n(-c4ccc(F)cc4)cc3C2)nn1C(F)F. The van der Waals surface area contributed by atoms with Crippen LogP contribution in [-0.2, 0) is 13.0 Å². The van der Waals surface area contributed by atoms with Crippen molar-refractivity contribution >= 4 is 5.91 Å². The summed E-state index contributed by atoms with van der Waals surface area (Å²) in [5, 5.41) is 3.71. The highest BCUT2D eigenvalue weighted by atomic mass is 19.3. The van der Waals surface area contributed by atoms with E-state index in [2.05, 4.69) is 5.10 Å². The topological polar surface area (TPSA) is 60.1 Å². The zero-order valence-electron chi connectivity index (χ0n) is 15.5. The normalized spacial score (nSPS) is 13.6. The second-order valence-corrected chi connectivity index (χ2v) is 6.88. The third-order valence-corrected chi connectivity index (χ3v) is 4.96. The summed E-state index contributed by atoms with van der Waals surface area (Å²) in [6.07, 6.45) is 2.10. The fraction of sp³-hybridized carbons (Fsp3) is 0.250. The summed E-state index contributed by atoms with van der Waals surface area (Å²) in [5.74, 6) is -0.854. The van der Waals surface area contributed by atoms with Gasteiger partial charge in [0.15, 0.2) is 5.69 Å². The quantitative estimate of drug-likeness (QED) is 0.677. The number of aromatic nitrogens is 3. The van der Waals surface area contributed by atoms with E-state index < -0.39 is 18.3 Å². The molecule has 1 amide bonds. The largest absolute Gasteiger partial charge is 0.333 e. The summed E-state index contributed by atoms with van der Waals surface area (Å²) >= 11 is 0. The van der Waals surface area contributed by atoms with Crippen LogP contribution in [0.2, 0.25) is 0 Å². The van der Waals surface area contributed by atoms with E-state index in [1.54, 1.807) is 6.20 Å². The maximum atomic E-state index is 13.2. The van der Waals surface area contributed by atoms with Crippen molar-refractivity contribution in [1.82, 2.24) is 19.2 Å². The highest BCUT2D eigenvalue weighted by Crippen LogP contribution is 2.21. The molecule has 0 spiro atoms. The van der Waals surface area contributed by atoms with E-state index in [1.807, 2.05) is 0 Å². The Morgan fingerprint density at radius 1 is 1.14 bits per heavy atom. The lowest BCUT2D eigenvalue weighted by Gasteiger charge is -2.28. The van der Waals surface area contributed by atoms with Gasteiger partial charge in [-0.1, -0.05) is 0 Å². The Morgan fingerprint density at radius 3 is 2.52 bits per heavy atom. The Morgan fingerprint density at radius 2 is 1.86 bits per heavy atom. The molecule has 0 saturated heterocycles. The number of alkyl halides is 2. The predicted molar refractivity (Wildman–Crippen MR) is 98.7 cm³/mol. The molecule has 9 heteroatoms. The molecule has 0 bridgehead atoms. The van der Waals surface area contributed by atoms with Crippen molar-refractivity contribution in [2.24, 2.45) is 0 Å². The number of hydrogen-bond acceptors (Lipinski definition) is 3. The van der Waals surface area contributed by atoms with Crippen LogP contribution in [0.3, 0.4) is 0 Å². The summed E-state index contributed by atoms with van der Waals surface area (Å²) in [4.78, 5) is 26.7. The van der Waals surface area contributed by atoms with Crippen molar-refractivity contribution in [2.75, 3.05) is 6.54 Å². The first kappa shape index (κ1) is 19.0. The van der Waals surface area contributed by atoms with Crippen LogP contribution in [0.4, 0.5) is 13.2 Å². The van der Waals surface area contributed by atoms with E-state index in [9.17, 15) is 22.8 Å². The standard InChI is InChI=1S/C20H17F3N4O2/c1-12-8-17(24-27(12)20(22)23)19(29)25-7-6-13-9-18(28)26(11-14(13)10-25)16-4-2-15(21)3-5-16/h2-5,8-9,11,20H,6-7,10H2,1H3. The molecule has 1 aliphatic heterocycles. The predicted octanol–water partition coefficient (Wildman–Crippen LogP) is 3.08. The molecule has 0 atom stereocenters. The number of carbonyl (C=O) groups is 1. The molecular weight excluding hydrogens is 385 g/mol. The van der Waals surface area contributed by atoms with Crippen molar-refractivity contribution in [3.8, 4) is 5.69 Å². The fourth-order valence-corrected chi connectivity index (χ4v) is 3.46. The van der Waals surface area contributed by atoms with Crippen molar-refractivity contribution in [1.29, 1.82) is 0 Å². The number of fused-ring (bicyclic) bond motifs is 1. The van der Waals surface area contributed by atoms with Crippen molar-refractivity contribution in [2.45, 2.75) is 26.4 Å². The number of pyridine rings is 1. The summed E-state index contributed by atoms with van der Waals surface area (Å²) < 4.78 is 40.9. The Kier molecular flexibility index (Phi) is 4.73. The Balaban J connectivity index is 1.63. The molecule has 2 aromatic heterocycles. The van der Waals surface area contributed by atoms with Gasteiger partial charge in [0.2, 0.25) is 0 Å². The second kappa shape index (κ2) is 7.23. The van der Waals surface area contributed by atoms with Crippen LogP contribution in [0.1, 0.15) is 33.9 Å². The van der Waals surface area contributed by atoms with Crippen LogP contribution in [0.5, 0.6) is 0 Å². The van der Waals surface area contributed by atoms with Gasteiger partial charge in [0.25, 0.3) is 11.5 Å². The molecule has 0 radical (unpaired) electrons. The molecule has 150 valence electrons. The summed E-state index contributed by atoms with van der Waals surface area (Å²) in [6, 6.07) is 8.36. The molecule has 3 aromatic rings. The smallest absolute Gasteiger partial charge is 0.333 e. The van der Waals surface area contributed by atoms with Gasteiger partial charge in [-0.25, -0.2) is 9.07 Å². The van der Waals surface area contributed by atoms with Gasteiger partial charge in [0.05, 0.1) is 0 Å². The van der Waals surface area contributed by atoms with Gasteiger partial charge in [0.1, 0.15) is 5.82 Å². The highest BCUT2D eigenvalue weighted by Gasteiger charge is 2.26. The van der Waals surface area contributed by atoms with Gasteiger partial charge in [-0.3, -0.25) is 14.2 Å². The zero-order valence-corrected chi connectivity index (χ0v) is 15.5. The number of hydrogen-bond donors (Lipinski definition) is 0. The van der Waals surface area contributed by atoms with E-state index >= 15 is 0 Å². The molecule has 1 aliphatic rings. The van der Waals surface area contributed by atoms with Gasteiger partial charge < -0.3 is 4.90 Å². The van der Waals surface area contributed by atoms with Gasteiger partial charge in [-0.05, 0) is 54.8 Å². The van der Waals surface area contributed by atoms with Gasteiger partial charge in [0, 0.05) is 36.7 Å². The lowest BCUT2D eigenvalue weighted by molar-refractivity contribution is 0.0530. The number of aryl methyl sites for hydroxylation is 1. The Bertz CT molecular complexity index is 1140. The van der Waals surface area contributed by atoms with Crippen LogP contribution >= 0.6 is 0 Å². The average molecular weight is 402 g/mol. The third-order valence-electron chi connectivity index (χ3n) is 4.96. The Hall–Kier alpha value is -3.36. The summed E-state index contributed by atoms with van der Waals surface area (Å²) in [7, 11) is 0. The van der Waals surface area contributed by atoms with E-state index in [1.165, 1.54) is 52.8 Å². The molecule has 0 saturated carbocycles. The average Bonchev–Trinajstić information content (AvgIpc) is 3.09. The summed E-state index contributed by atoms with van der Waals surface area (Å²) in [5.41, 5.74) is 2.00. The van der Waals surface area contributed by atoms with Crippen LogP contribution < -0.4 is 5.56 Å². The molecule has 1 aromatic carbocycles. The second-order valence-electron chi connectivity index (χ2n) is 6.88. The van der Waals surface area contributed by atoms with E-state index in [0.717, 1.165) is 11.1 Å². The van der Waals surface area contributed by atoms with Crippen LogP contribution in [0.15, 0.2) is 47.4 Å². The molecule has 0 fully saturated rings. The van der Waals surface area contributed by atoms with E-state index in [-0.39, 0.29) is 23.5 Å². The van der Waals surface area contributed by atoms with Crippen molar-refractivity contribution < 1.29 is 18.0 Å². The van der Waals surface area contributed by atoms with Crippen molar-refractivity contribution in [3.05, 3.63) is 81.3 Å². The lowest BCUT2D eigenvalue weighted by atomic mass is 10.0. The third kappa shape index (κ3) is 3.55. The van der Waals surface area contributed by atoms with Crippen molar-refractivity contribution in [3.63, 3.8) is 0 Å². The molecule has 0 N–H and O–H groups in total. The van der Waals surface area contributed by atoms with Gasteiger partial charge in [-0.15, -0.1) is 0 Å². The number of amides is 1.